The summed E-state index contributed by atoms with van der Waals surface area (Å²) in [5.41, 5.74) is 5.21. The van der Waals surface area contributed by atoms with E-state index in [9.17, 15) is 4.79 Å². The summed E-state index contributed by atoms with van der Waals surface area (Å²) in [6.07, 6.45) is 3.55. The van der Waals surface area contributed by atoms with E-state index >= 15 is 0 Å². The van der Waals surface area contributed by atoms with Crippen molar-refractivity contribution in [1.82, 2.24) is 4.90 Å². The Morgan fingerprint density at radius 3 is 2.25 bits per heavy atom. The van der Waals surface area contributed by atoms with E-state index in [1.165, 1.54) is 6.42 Å². The van der Waals surface area contributed by atoms with Gasteiger partial charge in [-0.05, 0) is 19.3 Å². The highest BCUT2D eigenvalue weighted by Gasteiger charge is 2.13. The minimum absolute atomic E-state index is 0.0969. The highest BCUT2D eigenvalue weighted by Crippen LogP contribution is 2.07. The molecule has 0 bridgehead atoms. The lowest BCUT2D eigenvalue weighted by Crippen LogP contribution is -2.39. The number of hydrogen-bond acceptors (Lipinski definition) is 3. The molecule has 1 aliphatic rings. The van der Waals surface area contributed by atoms with Crippen molar-refractivity contribution in [2.75, 3.05) is 26.7 Å². The third-order valence-electron chi connectivity index (χ3n) is 1.88. The van der Waals surface area contributed by atoms with Gasteiger partial charge in [-0.3, -0.25) is 4.79 Å². The fourth-order valence-corrected chi connectivity index (χ4v) is 1.27. The molecule has 4 nitrogen and oxygen atoms in total. The average Bonchev–Trinajstić information content (AvgIpc) is 2.21. The number of nitrogens with zero attached hydrogens (tertiary/aromatic N) is 1. The molecule has 0 unspecified atom stereocenters. The van der Waals surface area contributed by atoms with Crippen LogP contribution in [-0.2, 0) is 4.79 Å². The Morgan fingerprint density at radius 2 is 1.83 bits per heavy atom. The molecule has 1 saturated heterocycles. The number of rotatable bonds is 1. The smallest absolute Gasteiger partial charge is 0.236 e. The van der Waals surface area contributed by atoms with Crippen LogP contribution in [0.25, 0.3) is 0 Å². The summed E-state index contributed by atoms with van der Waals surface area (Å²) in [5, 5.41) is 7.00. The first-order valence-corrected chi connectivity index (χ1v) is 4.27. The van der Waals surface area contributed by atoms with Crippen molar-refractivity contribution in [2.24, 2.45) is 5.73 Å². The van der Waals surface area contributed by atoms with Gasteiger partial charge in [-0.15, -0.1) is 0 Å². The second kappa shape index (κ2) is 7.06. The number of hydrogen-bond donors (Lipinski definition) is 2. The van der Waals surface area contributed by atoms with Crippen molar-refractivity contribution in [3.05, 3.63) is 0 Å². The molecular formula is C8H18N2O2. The first kappa shape index (κ1) is 11.4. The van der Waals surface area contributed by atoms with Gasteiger partial charge in [0.15, 0.2) is 0 Å². The van der Waals surface area contributed by atoms with E-state index in [0.29, 0.717) is 0 Å². The zero-order chi connectivity index (χ0) is 9.40. The second-order valence-electron chi connectivity index (χ2n) is 2.65. The highest BCUT2D eigenvalue weighted by molar-refractivity contribution is 5.78. The Balaban J connectivity index is 0.000000561. The monoisotopic (exact) mass is 174 g/mol. The number of likely N-dealkylation sites (tertiary alicyclic amines) is 1. The van der Waals surface area contributed by atoms with Crippen LogP contribution in [0, 0.1) is 0 Å². The van der Waals surface area contributed by atoms with Gasteiger partial charge in [-0.25, -0.2) is 0 Å². The van der Waals surface area contributed by atoms with Gasteiger partial charge in [0.2, 0.25) is 5.91 Å². The fraction of sp³-hybridized carbons (Fsp3) is 0.875. The summed E-state index contributed by atoms with van der Waals surface area (Å²) in [5.74, 6) is 0.0969. The van der Waals surface area contributed by atoms with E-state index in [0.717, 1.165) is 33.0 Å². The third-order valence-corrected chi connectivity index (χ3v) is 1.88. The molecule has 0 atom stereocenters. The van der Waals surface area contributed by atoms with E-state index in [2.05, 4.69) is 0 Å². The van der Waals surface area contributed by atoms with Gasteiger partial charge in [0.05, 0.1) is 6.54 Å². The van der Waals surface area contributed by atoms with Crippen LogP contribution in [0.5, 0.6) is 0 Å². The van der Waals surface area contributed by atoms with Gasteiger partial charge in [-0.1, -0.05) is 0 Å². The predicted octanol–water partition coefficient (Wildman–Crippen LogP) is -0.434. The summed E-state index contributed by atoms with van der Waals surface area (Å²) in [4.78, 5) is 12.8. The summed E-state index contributed by atoms with van der Waals surface area (Å²) < 4.78 is 0. The maximum absolute atomic E-state index is 11.0. The van der Waals surface area contributed by atoms with Crippen molar-refractivity contribution in [3.8, 4) is 0 Å². The van der Waals surface area contributed by atoms with Crippen LogP contribution in [0.3, 0.4) is 0 Å². The van der Waals surface area contributed by atoms with E-state index in [1.807, 2.05) is 4.90 Å². The van der Waals surface area contributed by atoms with Crippen LogP contribution in [0.1, 0.15) is 19.3 Å². The minimum Gasteiger partial charge on any atom is -0.400 e. The maximum Gasteiger partial charge on any atom is 0.236 e. The SMILES string of the molecule is CO.NCC(=O)N1CCCCC1. The number of amides is 1. The van der Waals surface area contributed by atoms with Crippen LogP contribution < -0.4 is 5.73 Å². The zero-order valence-corrected chi connectivity index (χ0v) is 7.62. The summed E-state index contributed by atoms with van der Waals surface area (Å²) in [6, 6.07) is 0. The highest BCUT2D eigenvalue weighted by atomic mass is 16.2. The topological polar surface area (TPSA) is 66.6 Å². The number of nitrogens with two attached hydrogens (primary N) is 1. The summed E-state index contributed by atoms with van der Waals surface area (Å²) in [6.45, 7) is 1.99. The quantitative estimate of drug-likeness (QED) is 0.566. The lowest BCUT2D eigenvalue weighted by atomic mass is 10.1. The molecule has 1 heterocycles. The lowest BCUT2D eigenvalue weighted by molar-refractivity contribution is -0.130. The summed E-state index contributed by atoms with van der Waals surface area (Å²) in [7, 11) is 1.00. The molecule has 0 aromatic rings. The Kier molecular flexibility index (Phi) is 6.70. The molecule has 1 amide bonds. The van der Waals surface area contributed by atoms with Crippen molar-refractivity contribution < 1.29 is 9.90 Å². The molecule has 3 N–H and O–H groups in total. The Hall–Kier alpha value is -0.610. The molecule has 0 aliphatic carbocycles. The molecule has 72 valence electrons. The van der Waals surface area contributed by atoms with Gasteiger partial charge in [0.25, 0.3) is 0 Å². The molecule has 0 radical (unpaired) electrons. The van der Waals surface area contributed by atoms with Crippen molar-refractivity contribution in [2.45, 2.75) is 19.3 Å². The second-order valence-corrected chi connectivity index (χ2v) is 2.65. The van der Waals surface area contributed by atoms with Crippen LogP contribution in [-0.4, -0.2) is 42.7 Å². The van der Waals surface area contributed by atoms with E-state index in [-0.39, 0.29) is 12.5 Å². The van der Waals surface area contributed by atoms with E-state index in [4.69, 9.17) is 10.8 Å². The molecule has 1 aliphatic heterocycles. The molecule has 1 rings (SSSR count). The van der Waals surface area contributed by atoms with Gasteiger partial charge >= 0.3 is 0 Å². The van der Waals surface area contributed by atoms with Crippen molar-refractivity contribution >= 4 is 5.91 Å². The molecule has 0 spiro atoms. The molecule has 12 heavy (non-hydrogen) atoms. The molecular weight excluding hydrogens is 156 g/mol. The van der Waals surface area contributed by atoms with Crippen LogP contribution in [0.4, 0.5) is 0 Å². The van der Waals surface area contributed by atoms with Gasteiger partial charge < -0.3 is 15.7 Å². The normalized spacial score (nSPS) is 16.4. The van der Waals surface area contributed by atoms with Gasteiger partial charge in [0, 0.05) is 20.2 Å². The Bertz CT molecular complexity index is 122. The average molecular weight is 174 g/mol. The Morgan fingerprint density at radius 1 is 1.33 bits per heavy atom. The number of piperidine rings is 1. The predicted molar refractivity (Wildman–Crippen MR) is 47.6 cm³/mol. The number of carbonyl (C=O) groups is 1. The third kappa shape index (κ3) is 3.69. The largest absolute Gasteiger partial charge is 0.400 e. The maximum atomic E-state index is 11.0. The molecule has 0 saturated carbocycles. The number of carbonyl (C=O) groups excluding carboxylic acids is 1. The minimum atomic E-state index is 0.0969. The van der Waals surface area contributed by atoms with Gasteiger partial charge in [-0.2, -0.15) is 0 Å². The molecule has 4 heteroatoms. The first-order chi connectivity index (χ1) is 5.84. The molecule has 0 aromatic carbocycles. The Labute approximate surface area is 73.3 Å². The van der Waals surface area contributed by atoms with Crippen LogP contribution in [0.15, 0.2) is 0 Å². The fourth-order valence-electron chi connectivity index (χ4n) is 1.27. The summed E-state index contributed by atoms with van der Waals surface area (Å²) >= 11 is 0. The van der Waals surface area contributed by atoms with Crippen molar-refractivity contribution in [3.63, 3.8) is 0 Å². The first-order valence-electron chi connectivity index (χ1n) is 4.27. The number of aliphatic hydroxyl groups is 1. The molecule has 1 fully saturated rings. The van der Waals surface area contributed by atoms with E-state index < -0.39 is 0 Å². The van der Waals surface area contributed by atoms with Gasteiger partial charge in [0.1, 0.15) is 0 Å². The zero-order valence-electron chi connectivity index (χ0n) is 7.62. The number of aliphatic hydroxyl groups excluding tert-OH is 1. The van der Waals surface area contributed by atoms with Crippen LogP contribution >= 0.6 is 0 Å². The van der Waals surface area contributed by atoms with Crippen LogP contribution in [0.2, 0.25) is 0 Å². The van der Waals surface area contributed by atoms with Crippen molar-refractivity contribution in [1.29, 1.82) is 0 Å². The standard InChI is InChI=1S/C7H14N2O.CH4O/c8-6-7(10)9-4-2-1-3-5-9;1-2/h1-6,8H2;2H,1H3. The lowest BCUT2D eigenvalue weighted by Gasteiger charge is -2.25. The molecule has 0 aromatic heterocycles. The van der Waals surface area contributed by atoms with E-state index in [1.54, 1.807) is 0 Å².